The number of hydrogen-bond acceptors (Lipinski definition) is 3. The summed E-state index contributed by atoms with van der Waals surface area (Å²) >= 11 is 0. The summed E-state index contributed by atoms with van der Waals surface area (Å²) in [6, 6.07) is 7.72. The maximum atomic E-state index is 9.23. The van der Waals surface area contributed by atoms with Gasteiger partial charge in [0.05, 0.1) is 6.10 Å². The monoisotopic (exact) mass is 235 g/mol. The van der Waals surface area contributed by atoms with E-state index in [2.05, 4.69) is 19.2 Å². The van der Waals surface area contributed by atoms with Gasteiger partial charge < -0.3 is 15.2 Å². The Morgan fingerprint density at radius 1 is 1.29 bits per heavy atom. The summed E-state index contributed by atoms with van der Waals surface area (Å²) in [5, 5.41) is 12.7. The van der Waals surface area contributed by atoms with Crippen LogP contribution in [0.1, 0.15) is 26.7 Å². The van der Waals surface area contributed by atoms with E-state index in [4.69, 9.17) is 4.74 Å². The molecule has 3 nitrogen and oxygen atoms in total. The Labute approximate surface area is 103 Å². The second kappa shape index (κ2) is 5.41. The fourth-order valence-electron chi connectivity index (χ4n) is 2.22. The minimum Gasteiger partial charge on any atom is -0.508 e. The van der Waals surface area contributed by atoms with Gasteiger partial charge in [-0.05, 0) is 43.0 Å². The Morgan fingerprint density at radius 3 is 2.65 bits per heavy atom. The van der Waals surface area contributed by atoms with Crippen LogP contribution in [0.4, 0.5) is 5.69 Å². The summed E-state index contributed by atoms with van der Waals surface area (Å²) in [5.74, 6) is 0.877. The largest absolute Gasteiger partial charge is 0.508 e. The van der Waals surface area contributed by atoms with Gasteiger partial charge in [-0.2, -0.15) is 0 Å². The van der Waals surface area contributed by atoms with Crippen LogP contribution < -0.4 is 5.32 Å². The first-order valence-electron chi connectivity index (χ1n) is 6.32. The SMILES string of the molecule is CC(C)C1CC(Nc2ccc(O)cc2)CCO1. The number of anilines is 1. The fourth-order valence-corrected chi connectivity index (χ4v) is 2.22. The Hall–Kier alpha value is -1.22. The lowest BCUT2D eigenvalue weighted by molar-refractivity contribution is -0.0160. The van der Waals surface area contributed by atoms with Crippen molar-refractivity contribution in [2.45, 2.75) is 38.8 Å². The number of phenolic OH excluding ortho intramolecular Hbond substituents is 1. The highest BCUT2D eigenvalue weighted by atomic mass is 16.5. The molecule has 2 unspecified atom stereocenters. The molecule has 0 amide bonds. The highest BCUT2D eigenvalue weighted by molar-refractivity contribution is 5.46. The van der Waals surface area contributed by atoms with Gasteiger partial charge in [-0.1, -0.05) is 13.8 Å². The van der Waals surface area contributed by atoms with Crippen molar-refractivity contribution in [1.29, 1.82) is 0 Å². The molecule has 0 radical (unpaired) electrons. The lowest BCUT2D eigenvalue weighted by Gasteiger charge is -2.32. The van der Waals surface area contributed by atoms with Gasteiger partial charge in [0.1, 0.15) is 5.75 Å². The Bertz CT molecular complexity index is 348. The summed E-state index contributed by atoms with van der Waals surface area (Å²) < 4.78 is 5.75. The number of aromatic hydroxyl groups is 1. The van der Waals surface area contributed by atoms with E-state index >= 15 is 0 Å². The molecule has 0 spiro atoms. The minimum atomic E-state index is 0.308. The molecule has 2 rings (SSSR count). The molecule has 1 aliphatic heterocycles. The smallest absolute Gasteiger partial charge is 0.115 e. The lowest BCUT2D eigenvalue weighted by Crippen LogP contribution is -2.36. The van der Waals surface area contributed by atoms with Crippen LogP contribution in [0.2, 0.25) is 0 Å². The Kier molecular flexibility index (Phi) is 3.89. The number of nitrogens with one attached hydrogen (secondary N) is 1. The van der Waals surface area contributed by atoms with Crippen molar-refractivity contribution in [3.05, 3.63) is 24.3 Å². The third kappa shape index (κ3) is 3.37. The van der Waals surface area contributed by atoms with Crippen LogP contribution in [0.25, 0.3) is 0 Å². The summed E-state index contributed by atoms with van der Waals surface area (Å²) in [6.07, 6.45) is 2.46. The van der Waals surface area contributed by atoms with Crippen LogP contribution >= 0.6 is 0 Å². The van der Waals surface area contributed by atoms with E-state index in [-0.39, 0.29) is 0 Å². The second-order valence-corrected chi connectivity index (χ2v) is 5.07. The number of ether oxygens (including phenoxy) is 1. The molecule has 94 valence electrons. The molecule has 1 saturated heterocycles. The number of hydrogen-bond donors (Lipinski definition) is 2. The molecule has 1 fully saturated rings. The molecule has 2 atom stereocenters. The van der Waals surface area contributed by atoms with Crippen molar-refractivity contribution in [2.75, 3.05) is 11.9 Å². The third-order valence-corrected chi connectivity index (χ3v) is 3.30. The fraction of sp³-hybridized carbons (Fsp3) is 0.571. The van der Waals surface area contributed by atoms with Crippen LogP contribution in [0.5, 0.6) is 5.75 Å². The van der Waals surface area contributed by atoms with Gasteiger partial charge in [0.25, 0.3) is 0 Å². The number of phenols is 1. The average Bonchev–Trinajstić information content (AvgIpc) is 2.32. The summed E-state index contributed by atoms with van der Waals surface area (Å²) in [7, 11) is 0. The van der Waals surface area contributed by atoms with Gasteiger partial charge in [0, 0.05) is 18.3 Å². The lowest BCUT2D eigenvalue weighted by atomic mass is 9.95. The molecule has 0 aliphatic carbocycles. The molecule has 17 heavy (non-hydrogen) atoms. The van der Waals surface area contributed by atoms with Gasteiger partial charge in [-0.3, -0.25) is 0 Å². The Morgan fingerprint density at radius 2 is 2.00 bits per heavy atom. The molecular weight excluding hydrogens is 214 g/mol. The van der Waals surface area contributed by atoms with E-state index in [0.29, 0.717) is 23.8 Å². The van der Waals surface area contributed by atoms with Crippen molar-refractivity contribution in [2.24, 2.45) is 5.92 Å². The molecule has 0 aromatic heterocycles. The maximum absolute atomic E-state index is 9.23. The van der Waals surface area contributed by atoms with Crippen molar-refractivity contribution < 1.29 is 9.84 Å². The zero-order valence-electron chi connectivity index (χ0n) is 10.5. The maximum Gasteiger partial charge on any atom is 0.115 e. The highest BCUT2D eigenvalue weighted by Gasteiger charge is 2.24. The second-order valence-electron chi connectivity index (χ2n) is 5.07. The standard InChI is InChI=1S/C14H21NO2/c1-10(2)14-9-12(7-8-17-14)15-11-3-5-13(16)6-4-11/h3-6,10,12,14-16H,7-9H2,1-2H3. The molecule has 1 aromatic rings. The van der Waals surface area contributed by atoms with E-state index in [1.54, 1.807) is 12.1 Å². The predicted octanol–water partition coefficient (Wildman–Crippen LogP) is 3.01. The van der Waals surface area contributed by atoms with Crippen molar-refractivity contribution >= 4 is 5.69 Å². The first kappa shape index (κ1) is 12.2. The molecule has 3 heteroatoms. The van der Waals surface area contributed by atoms with Crippen molar-refractivity contribution in [3.8, 4) is 5.75 Å². The average molecular weight is 235 g/mol. The Balaban J connectivity index is 1.92. The first-order valence-corrected chi connectivity index (χ1v) is 6.32. The van der Waals surface area contributed by atoms with Gasteiger partial charge in [-0.15, -0.1) is 0 Å². The topological polar surface area (TPSA) is 41.5 Å². The van der Waals surface area contributed by atoms with E-state index in [1.165, 1.54) is 0 Å². The van der Waals surface area contributed by atoms with Crippen molar-refractivity contribution in [3.63, 3.8) is 0 Å². The first-order chi connectivity index (χ1) is 8.15. The molecule has 1 aliphatic rings. The number of rotatable bonds is 3. The van der Waals surface area contributed by atoms with E-state index in [1.807, 2.05) is 12.1 Å². The third-order valence-electron chi connectivity index (χ3n) is 3.30. The van der Waals surface area contributed by atoms with Crippen LogP contribution in [0.15, 0.2) is 24.3 Å². The summed E-state index contributed by atoms with van der Waals surface area (Å²) in [6.45, 7) is 5.24. The highest BCUT2D eigenvalue weighted by Crippen LogP contribution is 2.23. The molecule has 0 saturated carbocycles. The summed E-state index contributed by atoms with van der Waals surface area (Å²) in [5.41, 5.74) is 1.07. The van der Waals surface area contributed by atoms with Gasteiger partial charge in [-0.25, -0.2) is 0 Å². The van der Waals surface area contributed by atoms with Gasteiger partial charge in [0.15, 0.2) is 0 Å². The van der Waals surface area contributed by atoms with E-state index < -0.39 is 0 Å². The zero-order chi connectivity index (χ0) is 12.3. The van der Waals surface area contributed by atoms with E-state index in [0.717, 1.165) is 25.1 Å². The molecule has 0 bridgehead atoms. The predicted molar refractivity (Wildman–Crippen MR) is 69.3 cm³/mol. The molecular formula is C14H21NO2. The van der Waals surface area contributed by atoms with Gasteiger partial charge >= 0.3 is 0 Å². The van der Waals surface area contributed by atoms with Crippen LogP contribution in [0, 0.1) is 5.92 Å². The van der Waals surface area contributed by atoms with E-state index in [9.17, 15) is 5.11 Å². The zero-order valence-corrected chi connectivity index (χ0v) is 10.5. The van der Waals surface area contributed by atoms with Crippen LogP contribution in [0.3, 0.4) is 0 Å². The summed E-state index contributed by atoms with van der Waals surface area (Å²) in [4.78, 5) is 0. The van der Waals surface area contributed by atoms with Crippen molar-refractivity contribution in [1.82, 2.24) is 0 Å². The van der Waals surface area contributed by atoms with Gasteiger partial charge in [0.2, 0.25) is 0 Å². The molecule has 1 heterocycles. The minimum absolute atomic E-state index is 0.308. The quantitative estimate of drug-likeness (QED) is 0.791. The molecule has 2 N–H and O–H groups in total. The number of benzene rings is 1. The van der Waals surface area contributed by atoms with Crippen LogP contribution in [-0.2, 0) is 4.74 Å². The van der Waals surface area contributed by atoms with Crippen LogP contribution in [-0.4, -0.2) is 23.9 Å². The normalized spacial score (nSPS) is 24.9. The molecule has 1 aromatic carbocycles.